The van der Waals surface area contributed by atoms with E-state index in [9.17, 15) is 4.79 Å². The van der Waals surface area contributed by atoms with Crippen LogP contribution in [0.4, 0.5) is 0 Å². The highest BCUT2D eigenvalue weighted by Gasteiger charge is 2.12. The third kappa shape index (κ3) is 3.49. The lowest BCUT2D eigenvalue weighted by molar-refractivity contribution is -0.116. The van der Waals surface area contributed by atoms with E-state index in [1.54, 1.807) is 6.92 Å². The number of Topliss-reactive ketones (excluding diaryl/α,β-unsaturated/α-hetero) is 1. The van der Waals surface area contributed by atoms with E-state index in [1.807, 2.05) is 44.2 Å². The van der Waals surface area contributed by atoms with Crippen molar-refractivity contribution in [1.29, 1.82) is 0 Å². The number of rotatable bonds is 4. The van der Waals surface area contributed by atoms with E-state index < -0.39 is 0 Å². The molecule has 0 amide bonds. The smallest absolute Gasteiger partial charge is 0.160 e. The number of ketones is 1. The number of carbonyl (C=O) groups is 1. The van der Waals surface area contributed by atoms with Crippen LogP contribution in [0.3, 0.4) is 0 Å². The molecule has 1 rings (SSSR count). The Balaban J connectivity index is 2.92. The molecule has 0 N–H and O–H groups in total. The monoisotopic (exact) mass is 236 g/mol. The molecule has 0 aliphatic carbocycles. The Morgan fingerprint density at radius 3 is 2.31 bits per heavy atom. The molecule has 86 valence electrons. The van der Waals surface area contributed by atoms with Gasteiger partial charge >= 0.3 is 0 Å². The van der Waals surface area contributed by atoms with Gasteiger partial charge in [-0.05, 0) is 18.4 Å². The van der Waals surface area contributed by atoms with Crippen molar-refractivity contribution < 1.29 is 4.79 Å². The van der Waals surface area contributed by atoms with Gasteiger partial charge in [-0.25, -0.2) is 0 Å². The van der Waals surface area contributed by atoms with Crippen molar-refractivity contribution in [2.45, 2.75) is 27.2 Å². The van der Waals surface area contributed by atoms with E-state index in [0.29, 0.717) is 22.9 Å². The van der Waals surface area contributed by atoms with Gasteiger partial charge in [0.2, 0.25) is 0 Å². The summed E-state index contributed by atoms with van der Waals surface area (Å²) in [5.41, 5.74) is 1.56. The van der Waals surface area contributed by atoms with Crippen molar-refractivity contribution in [1.82, 2.24) is 0 Å². The van der Waals surface area contributed by atoms with Gasteiger partial charge < -0.3 is 0 Å². The standard InChI is InChI=1S/C14H17ClO/c1-10(2)9-13(16)11(3)14(15)12-7-5-4-6-8-12/h4-8,10H,9H2,1-3H3. The molecule has 16 heavy (non-hydrogen) atoms. The largest absolute Gasteiger partial charge is 0.294 e. The molecule has 1 aromatic carbocycles. The number of benzene rings is 1. The van der Waals surface area contributed by atoms with Crippen molar-refractivity contribution >= 4 is 22.4 Å². The summed E-state index contributed by atoms with van der Waals surface area (Å²) >= 11 is 6.19. The third-order valence-electron chi connectivity index (χ3n) is 2.37. The fourth-order valence-corrected chi connectivity index (χ4v) is 1.68. The van der Waals surface area contributed by atoms with E-state index in [-0.39, 0.29) is 5.78 Å². The molecular formula is C14H17ClO. The Kier molecular flexibility index (Phi) is 4.75. The summed E-state index contributed by atoms with van der Waals surface area (Å²) in [6.45, 7) is 5.85. The second-order valence-corrected chi connectivity index (χ2v) is 4.70. The maximum atomic E-state index is 11.8. The van der Waals surface area contributed by atoms with Crippen molar-refractivity contribution in [2.75, 3.05) is 0 Å². The first-order chi connectivity index (χ1) is 7.52. The van der Waals surface area contributed by atoms with Crippen LogP contribution in [-0.4, -0.2) is 5.78 Å². The first-order valence-corrected chi connectivity index (χ1v) is 5.85. The Bertz CT molecular complexity index is 390. The number of carbonyl (C=O) groups excluding carboxylic acids is 1. The zero-order valence-corrected chi connectivity index (χ0v) is 10.7. The Morgan fingerprint density at radius 2 is 1.81 bits per heavy atom. The van der Waals surface area contributed by atoms with Crippen LogP contribution in [0.1, 0.15) is 32.8 Å². The molecule has 2 heteroatoms. The predicted octanol–water partition coefficient (Wildman–Crippen LogP) is 4.27. The second-order valence-electron chi connectivity index (χ2n) is 4.33. The van der Waals surface area contributed by atoms with Gasteiger partial charge in [-0.1, -0.05) is 55.8 Å². The van der Waals surface area contributed by atoms with E-state index in [0.717, 1.165) is 5.56 Å². The van der Waals surface area contributed by atoms with Crippen LogP contribution in [0, 0.1) is 5.92 Å². The summed E-state index contributed by atoms with van der Waals surface area (Å²) in [5, 5.41) is 0.561. The first kappa shape index (κ1) is 13.0. The average molecular weight is 237 g/mol. The molecule has 0 heterocycles. The van der Waals surface area contributed by atoms with E-state index in [2.05, 4.69) is 0 Å². The molecule has 0 aromatic heterocycles. The number of allylic oxidation sites excluding steroid dienone is 1. The molecule has 1 nitrogen and oxygen atoms in total. The number of hydrogen-bond acceptors (Lipinski definition) is 1. The highest BCUT2D eigenvalue weighted by atomic mass is 35.5. The Hall–Kier alpha value is -1.08. The summed E-state index contributed by atoms with van der Waals surface area (Å²) in [4.78, 5) is 11.8. The van der Waals surface area contributed by atoms with Gasteiger partial charge in [0.05, 0.1) is 5.03 Å². The maximum Gasteiger partial charge on any atom is 0.160 e. The van der Waals surface area contributed by atoms with Crippen LogP contribution in [0.15, 0.2) is 35.9 Å². The average Bonchev–Trinajstić information content (AvgIpc) is 2.27. The zero-order valence-electron chi connectivity index (χ0n) is 9.96. The zero-order chi connectivity index (χ0) is 12.1. The van der Waals surface area contributed by atoms with Gasteiger partial charge in [0.15, 0.2) is 5.78 Å². The molecule has 0 saturated carbocycles. The normalized spacial score (nSPS) is 12.6. The fraction of sp³-hybridized carbons (Fsp3) is 0.357. The highest BCUT2D eigenvalue weighted by Crippen LogP contribution is 2.24. The lowest BCUT2D eigenvalue weighted by atomic mass is 10.0. The van der Waals surface area contributed by atoms with Crippen molar-refractivity contribution in [2.24, 2.45) is 5.92 Å². The third-order valence-corrected chi connectivity index (χ3v) is 2.87. The summed E-state index contributed by atoms with van der Waals surface area (Å²) in [5.74, 6) is 0.492. The molecule has 0 spiro atoms. The number of hydrogen-bond donors (Lipinski definition) is 0. The molecule has 0 radical (unpaired) electrons. The minimum Gasteiger partial charge on any atom is -0.294 e. The summed E-state index contributed by atoms with van der Waals surface area (Å²) in [6, 6.07) is 9.58. The van der Waals surface area contributed by atoms with Gasteiger partial charge in [-0.15, -0.1) is 0 Å². The number of halogens is 1. The molecule has 0 aliphatic rings. The summed E-state index contributed by atoms with van der Waals surface area (Å²) in [7, 11) is 0. The van der Waals surface area contributed by atoms with Crippen molar-refractivity contribution in [3.63, 3.8) is 0 Å². The van der Waals surface area contributed by atoms with Crippen LogP contribution in [0.25, 0.3) is 5.03 Å². The molecule has 0 aliphatic heterocycles. The molecular weight excluding hydrogens is 220 g/mol. The SMILES string of the molecule is CC(C(=O)CC(C)C)=C(Cl)c1ccccc1. The van der Waals surface area contributed by atoms with Crippen molar-refractivity contribution in [3.8, 4) is 0 Å². The second kappa shape index (κ2) is 5.86. The van der Waals surface area contributed by atoms with Crippen LogP contribution >= 0.6 is 11.6 Å². The van der Waals surface area contributed by atoms with E-state index in [1.165, 1.54) is 0 Å². The van der Waals surface area contributed by atoms with E-state index >= 15 is 0 Å². The molecule has 0 saturated heterocycles. The lowest BCUT2D eigenvalue weighted by Gasteiger charge is -2.07. The fourth-order valence-electron chi connectivity index (χ4n) is 1.45. The molecule has 0 atom stereocenters. The highest BCUT2D eigenvalue weighted by molar-refractivity contribution is 6.51. The van der Waals surface area contributed by atoms with Gasteiger partial charge in [0.25, 0.3) is 0 Å². The molecule has 0 bridgehead atoms. The van der Waals surface area contributed by atoms with Crippen LogP contribution in [0.2, 0.25) is 0 Å². The van der Waals surface area contributed by atoms with Crippen LogP contribution < -0.4 is 0 Å². The summed E-state index contributed by atoms with van der Waals surface area (Å²) in [6.07, 6.45) is 0.550. The minimum absolute atomic E-state index is 0.129. The van der Waals surface area contributed by atoms with Crippen LogP contribution in [0.5, 0.6) is 0 Å². The van der Waals surface area contributed by atoms with Gasteiger partial charge in [-0.3, -0.25) is 4.79 Å². The van der Waals surface area contributed by atoms with Gasteiger partial charge in [-0.2, -0.15) is 0 Å². The van der Waals surface area contributed by atoms with Crippen molar-refractivity contribution in [3.05, 3.63) is 41.5 Å². The quantitative estimate of drug-likeness (QED) is 0.714. The predicted molar refractivity (Wildman–Crippen MR) is 69.4 cm³/mol. The van der Waals surface area contributed by atoms with Gasteiger partial charge in [0.1, 0.15) is 0 Å². The van der Waals surface area contributed by atoms with Crippen LogP contribution in [-0.2, 0) is 4.79 Å². The Morgan fingerprint density at radius 1 is 1.25 bits per heavy atom. The minimum atomic E-state index is 0.129. The van der Waals surface area contributed by atoms with Gasteiger partial charge in [0, 0.05) is 12.0 Å². The van der Waals surface area contributed by atoms with E-state index in [4.69, 9.17) is 11.6 Å². The lowest BCUT2D eigenvalue weighted by Crippen LogP contribution is -2.05. The molecule has 0 fully saturated rings. The topological polar surface area (TPSA) is 17.1 Å². The maximum absolute atomic E-state index is 11.8. The first-order valence-electron chi connectivity index (χ1n) is 5.47. The molecule has 1 aromatic rings. The Labute approximate surface area is 102 Å². The molecule has 0 unspecified atom stereocenters. The summed E-state index contributed by atoms with van der Waals surface area (Å²) < 4.78 is 0.